The van der Waals surface area contributed by atoms with Crippen molar-refractivity contribution in [2.24, 2.45) is 7.05 Å². The number of rotatable bonds is 4. The van der Waals surface area contributed by atoms with Crippen LogP contribution in [-0.2, 0) is 32.9 Å². The Balaban J connectivity index is 1.56. The highest BCUT2D eigenvalue weighted by molar-refractivity contribution is 5.73. The van der Waals surface area contributed by atoms with Crippen LogP contribution in [0.4, 0.5) is 5.69 Å². The largest absolute Gasteiger partial charge is 0.395 e. The van der Waals surface area contributed by atoms with Crippen LogP contribution < -0.4 is 10.3 Å². The van der Waals surface area contributed by atoms with Crippen molar-refractivity contribution in [1.29, 1.82) is 0 Å². The lowest BCUT2D eigenvalue weighted by Crippen LogP contribution is -2.23. The topological polar surface area (TPSA) is 52.1 Å². The number of pyridine rings is 1. The molecule has 3 heterocycles. The Morgan fingerprint density at radius 2 is 2.23 bits per heavy atom. The zero-order valence-electron chi connectivity index (χ0n) is 13.0. The molecule has 0 atom stereocenters. The Morgan fingerprint density at radius 3 is 3.05 bits per heavy atom. The number of imidazole rings is 1. The number of aryl methyl sites for hydroxylation is 5. The smallest absolute Gasteiger partial charge is 0.243 e. The predicted molar refractivity (Wildman–Crippen MR) is 85.6 cm³/mol. The first kappa shape index (κ1) is 13.4. The first-order chi connectivity index (χ1) is 10.7. The molecule has 3 aromatic heterocycles. The van der Waals surface area contributed by atoms with E-state index in [-0.39, 0.29) is 0 Å². The van der Waals surface area contributed by atoms with Crippen LogP contribution in [0.1, 0.15) is 29.8 Å². The second kappa shape index (κ2) is 5.16. The third-order valence-electron chi connectivity index (χ3n) is 4.62. The number of nitrogen functional groups attached to an aromatic ring is 1. The Hall–Kier alpha value is -2.30. The molecule has 0 unspecified atom stereocenters. The fourth-order valence-corrected chi connectivity index (χ4v) is 3.46. The molecule has 2 N–H and O–H groups in total. The molecule has 0 bridgehead atoms. The molecule has 0 saturated carbocycles. The highest BCUT2D eigenvalue weighted by Crippen LogP contribution is 2.27. The van der Waals surface area contributed by atoms with E-state index < -0.39 is 0 Å². The molecule has 0 fully saturated rings. The average Bonchev–Trinajstić information content (AvgIpc) is 3.19. The molecule has 0 radical (unpaired) electrons. The average molecular weight is 296 g/mol. The SMILES string of the molecule is C[n+]1ccn(CCCc2nn3c4c(ccc3c2N)CCC4)c1. The molecule has 0 aliphatic heterocycles. The van der Waals surface area contributed by atoms with Gasteiger partial charge >= 0.3 is 0 Å². The van der Waals surface area contributed by atoms with Crippen molar-refractivity contribution in [2.45, 2.75) is 38.6 Å². The molecular weight excluding hydrogens is 274 g/mol. The van der Waals surface area contributed by atoms with Crippen LogP contribution in [-0.4, -0.2) is 14.2 Å². The minimum Gasteiger partial charge on any atom is -0.395 e. The minimum absolute atomic E-state index is 0.854. The van der Waals surface area contributed by atoms with Crippen LogP contribution in [0, 0.1) is 0 Å². The molecule has 0 amide bonds. The molecule has 3 aromatic rings. The van der Waals surface area contributed by atoms with Crippen LogP contribution in [0.15, 0.2) is 30.9 Å². The quantitative estimate of drug-likeness (QED) is 0.745. The van der Waals surface area contributed by atoms with E-state index in [0.29, 0.717) is 0 Å². The van der Waals surface area contributed by atoms with Gasteiger partial charge in [0.25, 0.3) is 0 Å². The van der Waals surface area contributed by atoms with Gasteiger partial charge in [-0.3, -0.25) is 0 Å². The van der Waals surface area contributed by atoms with E-state index in [4.69, 9.17) is 10.8 Å². The monoisotopic (exact) mass is 296 g/mol. The molecule has 0 saturated heterocycles. The van der Waals surface area contributed by atoms with Crippen LogP contribution in [0.5, 0.6) is 0 Å². The van der Waals surface area contributed by atoms with Crippen LogP contribution >= 0.6 is 0 Å². The van der Waals surface area contributed by atoms with Gasteiger partial charge in [0, 0.05) is 5.69 Å². The summed E-state index contributed by atoms with van der Waals surface area (Å²) in [6.07, 6.45) is 11.7. The lowest BCUT2D eigenvalue weighted by molar-refractivity contribution is -0.671. The van der Waals surface area contributed by atoms with Crippen molar-refractivity contribution in [3.8, 4) is 0 Å². The summed E-state index contributed by atoms with van der Waals surface area (Å²) < 4.78 is 6.34. The van der Waals surface area contributed by atoms with Crippen molar-refractivity contribution >= 4 is 11.2 Å². The Bertz CT molecular complexity index is 827. The number of hydrogen-bond donors (Lipinski definition) is 1. The maximum absolute atomic E-state index is 6.32. The fourth-order valence-electron chi connectivity index (χ4n) is 3.46. The third kappa shape index (κ3) is 2.17. The molecule has 5 nitrogen and oxygen atoms in total. The number of fused-ring (bicyclic) bond motifs is 3. The summed E-state index contributed by atoms with van der Waals surface area (Å²) in [5.41, 5.74) is 12.1. The number of nitrogens with zero attached hydrogens (tertiary/aromatic N) is 4. The van der Waals surface area contributed by atoms with E-state index in [1.54, 1.807) is 0 Å². The van der Waals surface area contributed by atoms with Crippen LogP contribution in [0.3, 0.4) is 0 Å². The second-order valence-corrected chi connectivity index (χ2v) is 6.24. The van der Waals surface area contributed by atoms with Crippen molar-refractivity contribution in [3.63, 3.8) is 0 Å². The summed E-state index contributed by atoms with van der Waals surface area (Å²) >= 11 is 0. The van der Waals surface area contributed by atoms with Gasteiger partial charge in [0.05, 0.1) is 30.5 Å². The maximum atomic E-state index is 6.32. The van der Waals surface area contributed by atoms with Gasteiger partial charge in [-0.25, -0.2) is 13.6 Å². The third-order valence-corrected chi connectivity index (χ3v) is 4.62. The Kier molecular flexibility index (Phi) is 3.13. The number of aromatic nitrogens is 4. The van der Waals surface area contributed by atoms with Crippen molar-refractivity contribution in [1.82, 2.24) is 14.2 Å². The predicted octanol–water partition coefficient (Wildman–Crippen LogP) is 1.66. The fraction of sp³-hybridized carbons (Fsp3) is 0.412. The van der Waals surface area contributed by atoms with E-state index in [1.165, 1.54) is 24.1 Å². The first-order valence-electron chi connectivity index (χ1n) is 8.01. The first-order valence-corrected chi connectivity index (χ1v) is 8.01. The van der Waals surface area contributed by atoms with Crippen LogP contribution in [0.2, 0.25) is 0 Å². The van der Waals surface area contributed by atoms with Gasteiger partial charge in [0.15, 0.2) is 0 Å². The van der Waals surface area contributed by atoms with Gasteiger partial charge in [-0.2, -0.15) is 5.10 Å². The summed E-state index contributed by atoms with van der Waals surface area (Å²) in [5, 5.41) is 4.80. The summed E-state index contributed by atoms with van der Waals surface area (Å²) in [6, 6.07) is 4.35. The molecular formula is C17H22N5+. The standard InChI is InChI=1S/C17H22N5/c1-20-10-11-21(12-20)9-3-5-14-17(18)16-8-7-13-4-2-6-15(13)22(16)19-14/h7-8,10-12H,2-6,9,18H2,1H3/q+1. The van der Waals surface area contributed by atoms with Gasteiger partial charge < -0.3 is 5.73 Å². The van der Waals surface area contributed by atoms with Crippen LogP contribution in [0.25, 0.3) is 5.52 Å². The maximum Gasteiger partial charge on any atom is 0.243 e. The minimum atomic E-state index is 0.854. The number of hydrogen-bond acceptors (Lipinski definition) is 2. The van der Waals surface area contributed by atoms with Gasteiger partial charge in [-0.05, 0) is 43.7 Å². The molecule has 22 heavy (non-hydrogen) atoms. The van der Waals surface area contributed by atoms with Crippen molar-refractivity contribution in [3.05, 3.63) is 47.8 Å². The summed E-state index contributed by atoms with van der Waals surface area (Å²) in [7, 11) is 2.04. The lowest BCUT2D eigenvalue weighted by atomic mass is 10.2. The van der Waals surface area contributed by atoms with Crippen molar-refractivity contribution < 1.29 is 4.57 Å². The van der Waals surface area contributed by atoms with Gasteiger partial charge in [-0.1, -0.05) is 6.07 Å². The van der Waals surface area contributed by atoms with E-state index >= 15 is 0 Å². The normalized spacial score (nSPS) is 13.9. The van der Waals surface area contributed by atoms with E-state index in [1.807, 2.05) is 7.05 Å². The Morgan fingerprint density at radius 1 is 1.32 bits per heavy atom. The zero-order valence-corrected chi connectivity index (χ0v) is 13.0. The van der Waals surface area contributed by atoms with Gasteiger partial charge in [-0.15, -0.1) is 0 Å². The summed E-state index contributed by atoms with van der Waals surface area (Å²) in [4.78, 5) is 0. The number of nitrogens with two attached hydrogens (primary N) is 1. The second-order valence-electron chi connectivity index (χ2n) is 6.24. The van der Waals surface area contributed by atoms with Crippen molar-refractivity contribution in [2.75, 3.05) is 5.73 Å². The molecule has 0 spiro atoms. The molecule has 0 aromatic carbocycles. The molecule has 4 rings (SSSR count). The van der Waals surface area contributed by atoms with E-state index in [2.05, 4.69) is 44.5 Å². The Labute approximate surface area is 130 Å². The molecule has 1 aliphatic carbocycles. The van der Waals surface area contributed by atoms with E-state index in [0.717, 1.165) is 42.7 Å². The van der Waals surface area contributed by atoms with E-state index in [9.17, 15) is 0 Å². The summed E-state index contributed by atoms with van der Waals surface area (Å²) in [6.45, 7) is 0.992. The molecule has 5 heteroatoms. The lowest BCUT2D eigenvalue weighted by Gasteiger charge is -2.02. The molecule has 1 aliphatic rings. The highest BCUT2D eigenvalue weighted by Gasteiger charge is 2.18. The van der Waals surface area contributed by atoms with Gasteiger partial charge in [0.1, 0.15) is 12.4 Å². The molecule has 114 valence electrons. The van der Waals surface area contributed by atoms with Gasteiger partial charge in [0.2, 0.25) is 6.33 Å². The zero-order chi connectivity index (χ0) is 15.1. The summed E-state index contributed by atoms with van der Waals surface area (Å²) in [5.74, 6) is 0. The highest BCUT2D eigenvalue weighted by atomic mass is 15.2. The number of anilines is 1.